The maximum absolute atomic E-state index is 13.9. The van der Waals surface area contributed by atoms with Crippen molar-refractivity contribution in [3.05, 3.63) is 83.4 Å². The van der Waals surface area contributed by atoms with Crippen LogP contribution in [0.1, 0.15) is 29.8 Å². The normalized spacial score (nSPS) is 14.4. The van der Waals surface area contributed by atoms with Crippen LogP contribution in [0.4, 0.5) is 20.2 Å². The van der Waals surface area contributed by atoms with Gasteiger partial charge in [0.1, 0.15) is 17.2 Å². The van der Waals surface area contributed by atoms with Gasteiger partial charge in [0, 0.05) is 36.6 Å². The number of nitrogens with zero attached hydrogens (tertiary/aromatic N) is 2. The van der Waals surface area contributed by atoms with Gasteiger partial charge in [-0.1, -0.05) is 29.4 Å². The van der Waals surface area contributed by atoms with Crippen LogP contribution < -0.4 is 10.2 Å². The number of benzene rings is 3. The quantitative estimate of drug-likeness (QED) is 0.576. The van der Waals surface area contributed by atoms with E-state index < -0.39 is 28.7 Å². The number of rotatable bonds is 5. The topological polar surface area (TPSA) is 71.0 Å². The molecule has 0 spiro atoms. The Bertz CT molecular complexity index is 1300. The van der Waals surface area contributed by atoms with E-state index in [4.69, 9.17) is 4.84 Å². The first-order valence-electron chi connectivity index (χ1n) is 10.6. The van der Waals surface area contributed by atoms with Crippen molar-refractivity contribution in [2.75, 3.05) is 24.3 Å². The lowest BCUT2D eigenvalue weighted by molar-refractivity contribution is -0.128. The number of anilines is 2. The summed E-state index contributed by atoms with van der Waals surface area (Å²) < 4.78 is 27.8. The molecule has 174 valence electrons. The molecule has 6 nitrogen and oxygen atoms in total. The molecule has 0 saturated heterocycles. The Balaban J connectivity index is 1.64. The number of amides is 1. The summed E-state index contributed by atoms with van der Waals surface area (Å²) in [5, 5.41) is 6.50. The molecule has 1 aliphatic heterocycles. The van der Waals surface area contributed by atoms with Crippen molar-refractivity contribution in [3.8, 4) is 11.1 Å². The highest BCUT2D eigenvalue weighted by Crippen LogP contribution is 2.33. The third-order valence-electron chi connectivity index (χ3n) is 5.52. The largest absolute Gasteiger partial charge is 0.381 e. The molecule has 1 N–H and O–H groups in total. The summed E-state index contributed by atoms with van der Waals surface area (Å²) in [5.74, 6) is -2.94. The van der Waals surface area contributed by atoms with Gasteiger partial charge in [-0.25, -0.2) is 8.78 Å². The van der Waals surface area contributed by atoms with Crippen LogP contribution in [-0.4, -0.2) is 37.1 Å². The molecular formula is C26H23F2N3O3. The van der Waals surface area contributed by atoms with Gasteiger partial charge in [0.15, 0.2) is 11.3 Å². The lowest BCUT2D eigenvalue weighted by Crippen LogP contribution is -2.33. The maximum Gasteiger partial charge on any atom is 0.261 e. The van der Waals surface area contributed by atoms with Gasteiger partial charge >= 0.3 is 0 Å². The van der Waals surface area contributed by atoms with E-state index in [1.807, 2.05) is 37.2 Å². The highest BCUT2D eigenvalue weighted by atomic mass is 19.1. The van der Waals surface area contributed by atoms with Gasteiger partial charge in [-0.3, -0.25) is 9.59 Å². The number of Topliss-reactive ketones (excluding diaryl/α,β-unsaturated/α-hetero) is 1. The van der Waals surface area contributed by atoms with Crippen molar-refractivity contribution >= 4 is 28.8 Å². The highest BCUT2D eigenvalue weighted by molar-refractivity contribution is 6.49. The van der Waals surface area contributed by atoms with E-state index in [1.165, 1.54) is 6.07 Å². The van der Waals surface area contributed by atoms with Crippen LogP contribution in [0.3, 0.4) is 0 Å². The van der Waals surface area contributed by atoms with Crippen molar-refractivity contribution in [3.63, 3.8) is 0 Å². The van der Waals surface area contributed by atoms with E-state index >= 15 is 0 Å². The van der Waals surface area contributed by atoms with Crippen LogP contribution in [0.2, 0.25) is 0 Å². The Morgan fingerprint density at radius 2 is 1.59 bits per heavy atom. The third-order valence-corrected chi connectivity index (χ3v) is 5.52. The summed E-state index contributed by atoms with van der Waals surface area (Å²) in [6.45, 7) is 3.34. The fraction of sp³-hybridized carbons (Fsp3) is 0.192. The molecule has 3 aromatic rings. The Kier molecular flexibility index (Phi) is 5.91. The van der Waals surface area contributed by atoms with Crippen LogP contribution in [0.5, 0.6) is 0 Å². The number of halogens is 2. The second kappa shape index (κ2) is 8.70. The number of ketones is 1. The molecule has 34 heavy (non-hydrogen) atoms. The van der Waals surface area contributed by atoms with Gasteiger partial charge in [0.25, 0.3) is 5.91 Å². The molecule has 3 aromatic carbocycles. The molecule has 0 fully saturated rings. The molecule has 4 rings (SSSR count). The first-order chi connectivity index (χ1) is 16.1. The summed E-state index contributed by atoms with van der Waals surface area (Å²) in [6, 6.07) is 15.7. The van der Waals surface area contributed by atoms with Crippen molar-refractivity contribution in [1.29, 1.82) is 0 Å². The molecule has 8 heteroatoms. The average molecular weight is 463 g/mol. The zero-order chi connectivity index (χ0) is 24.6. The minimum atomic E-state index is -1.01. The van der Waals surface area contributed by atoms with E-state index in [0.717, 1.165) is 28.9 Å². The minimum absolute atomic E-state index is 0.200. The van der Waals surface area contributed by atoms with Crippen molar-refractivity contribution in [2.24, 2.45) is 5.16 Å². The fourth-order valence-electron chi connectivity index (χ4n) is 3.66. The summed E-state index contributed by atoms with van der Waals surface area (Å²) in [4.78, 5) is 32.2. The number of carbonyl (C=O) groups excluding carboxylic acids is 2. The number of nitrogens with one attached hydrogen (secondary N) is 1. The molecule has 0 radical (unpaired) electrons. The number of carbonyl (C=O) groups is 2. The standard InChI is InChI=1S/C26H23F2N3O3/c1-26(2)24(32)23(30-34-26)16-10-13-21(31(3)4)18(14-16)15-8-11-17(12-9-15)29-25(33)22-19(27)6-5-7-20(22)28/h5-14H,1-4H3,(H,29,33). The van der Waals surface area contributed by atoms with Crippen molar-refractivity contribution in [2.45, 2.75) is 19.4 Å². The fourth-order valence-corrected chi connectivity index (χ4v) is 3.66. The number of hydrogen-bond acceptors (Lipinski definition) is 5. The van der Waals surface area contributed by atoms with Gasteiger partial charge in [-0.15, -0.1) is 0 Å². The lowest BCUT2D eigenvalue weighted by atomic mass is 9.93. The molecule has 1 aliphatic rings. The van der Waals surface area contributed by atoms with Crippen LogP contribution in [0.15, 0.2) is 65.8 Å². The summed E-state index contributed by atoms with van der Waals surface area (Å²) >= 11 is 0. The van der Waals surface area contributed by atoms with Crippen LogP contribution >= 0.6 is 0 Å². The Morgan fingerprint density at radius 3 is 2.15 bits per heavy atom. The predicted octanol–water partition coefficient (Wildman–Crippen LogP) is 5.03. The molecule has 1 heterocycles. The Hall–Kier alpha value is -4.07. The Labute approximate surface area is 195 Å². The number of hydrogen-bond donors (Lipinski definition) is 1. The SMILES string of the molecule is CN(C)c1ccc(C2=NOC(C)(C)C2=O)cc1-c1ccc(NC(=O)c2c(F)cccc2F)cc1. The van der Waals surface area contributed by atoms with Gasteiger partial charge < -0.3 is 15.1 Å². The summed E-state index contributed by atoms with van der Waals surface area (Å²) in [6.07, 6.45) is 0. The maximum atomic E-state index is 13.9. The van der Waals surface area contributed by atoms with E-state index in [-0.39, 0.29) is 11.5 Å². The van der Waals surface area contributed by atoms with E-state index in [0.29, 0.717) is 11.3 Å². The molecule has 0 aliphatic carbocycles. The van der Waals surface area contributed by atoms with E-state index in [2.05, 4.69) is 10.5 Å². The minimum Gasteiger partial charge on any atom is -0.381 e. The summed E-state index contributed by atoms with van der Waals surface area (Å²) in [7, 11) is 3.81. The van der Waals surface area contributed by atoms with Crippen LogP contribution in [0.25, 0.3) is 11.1 Å². The molecule has 0 unspecified atom stereocenters. The molecule has 0 aromatic heterocycles. The van der Waals surface area contributed by atoms with E-state index in [9.17, 15) is 18.4 Å². The highest BCUT2D eigenvalue weighted by Gasteiger charge is 2.40. The molecule has 0 saturated carbocycles. The lowest BCUT2D eigenvalue weighted by Gasteiger charge is -2.19. The van der Waals surface area contributed by atoms with Crippen LogP contribution in [-0.2, 0) is 9.63 Å². The second-order valence-corrected chi connectivity index (χ2v) is 8.63. The zero-order valence-corrected chi connectivity index (χ0v) is 19.1. The van der Waals surface area contributed by atoms with Crippen molar-refractivity contribution < 1.29 is 23.2 Å². The first-order valence-corrected chi connectivity index (χ1v) is 10.6. The van der Waals surface area contributed by atoms with Gasteiger partial charge in [-0.2, -0.15) is 0 Å². The monoisotopic (exact) mass is 463 g/mol. The van der Waals surface area contributed by atoms with Crippen molar-refractivity contribution in [1.82, 2.24) is 0 Å². The smallest absolute Gasteiger partial charge is 0.261 e. The van der Waals surface area contributed by atoms with Gasteiger partial charge in [0.2, 0.25) is 5.78 Å². The van der Waals surface area contributed by atoms with Crippen LogP contribution in [0, 0.1) is 11.6 Å². The van der Waals surface area contributed by atoms with Gasteiger partial charge in [-0.05, 0) is 55.8 Å². The third kappa shape index (κ3) is 4.26. The molecule has 0 atom stereocenters. The second-order valence-electron chi connectivity index (χ2n) is 8.63. The molecule has 0 bridgehead atoms. The Morgan fingerprint density at radius 1 is 0.971 bits per heavy atom. The van der Waals surface area contributed by atoms with E-state index in [1.54, 1.807) is 38.1 Å². The first kappa shape index (κ1) is 23.1. The molecule has 1 amide bonds. The average Bonchev–Trinajstić information content (AvgIpc) is 3.06. The van der Waals surface area contributed by atoms with Gasteiger partial charge in [0.05, 0.1) is 0 Å². The zero-order valence-electron chi connectivity index (χ0n) is 19.1. The molecular weight excluding hydrogens is 440 g/mol. The summed E-state index contributed by atoms with van der Waals surface area (Å²) in [5.41, 5.74) is 2.17. The number of oxime groups is 1. The predicted molar refractivity (Wildman–Crippen MR) is 127 cm³/mol.